The summed E-state index contributed by atoms with van der Waals surface area (Å²) in [5, 5.41) is 0. The van der Waals surface area contributed by atoms with E-state index in [1.165, 1.54) is 62.5 Å². The third kappa shape index (κ3) is 3.75. The Morgan fingerprint density at radius 2 is 1.15 bits per heavy atom. The minimum Gasteiger partial charge on any atom is -0.0654 e. The molecule has 0 amide bonds. The van der Waals surface area contributed by atoms with E-state index in [9.17, 15) is 0 Å². The summed E-state index contributed by atoms with van der Waals surface area (Å²) in [6, 6.07) is 22.5. The van der Waals surface area contributed by atoms with Crippen LogP contribution in [0.4, 0.5) is 0 Å². The van der Waals surface area contributed by atoms with Gasteiger partial charge in [-0.2, -0.15) is 0 Å². The van der Waals surface area contributed by atoms with Crippen molar-refractivity contribution < 1.29 is 0 Å². The van der Waals surface area contributed by atoms with Gasteiger partial charge in [0.15, 0.2) is 0 Å². The third-order valence-electron chi connectivity index (χ3n) is 6.99. The fraction of sp³-hybridized carbons (Fsp3) is 0.538. The van der Waals surface area contributed by atoms with Gasteiger partial charge in [0.25, 0.3) is 0 Å². The molecule has 1 fully saturated rings. The maximum Gasteiger partial charge on any atom is -0.00302 e. The average Bonchev–Trinajstić information content (AvgIpc) is 2.68. The van der Waals surface area contributed by atoms with E-state index in [1.54, 1.807) is 0 Å². The molecule has 2 aromatic rings. The van der Waals surface area contributed by atoms with Crippen molar-refractivity contribution in [2.75, 3.05) is 0 Å². The lowest BCUT2D eigenvalue weighted by atomic mass is 9.42. The number of benzene rings is 2. The van der Waals surface area contributed by atoms with Crippen LogP contribution in [-0.2, 0) is 10.8 Å². The van der Waals surface area contributed by atoms with Crippen molar-refractivity contribution in [3.8, 4) is 0 Å². The molecule has 3 atom stereocenters. The lowest BCUT2D eigenvalue weighted by Crippen LogP contribution is -2.58. The normalized spacial score (nSPS) is 27.9. The molecule has 0 heteroatoms. The summed E-state index contributed by atoms with van der Waals surface area (Å²) in [6.45, 7) is 7.31. The summed E-state index contributed by atoms with van der Waals surface area (Å²) in [6.07, 6.45) is 10.9. The van der Waals surface area contributed by atoms with Crippen molar-refractivity contribution in [1.29, 1.82) is 0 Å². The molecule has 0 radical (unpaired) electrons. The van der Waals surface area contributed by atoms with Crippen molar-refractivity contribution in [1.82, 2.24) is 0 Å². The van der Waals surface area contributed by atoms with E-state index in [1.807, 2.05) is 0 Å². The van der Waals surface area contributed by atoms with E-state index in [4.69, 9.17) is 0 Å². The van der Waals surface area contributed by atoms with Gasteiger partial charge in [-0.1, -0.05) is 120 Å². The second-order valence-electron chi connectivity index (χ2n) is 8.85. The Kier molecular flexibility index (Phi) is 6.22. The highest BCUT2D eigenvalue weighted by Gasteiger charge is 2.58. The first-order valence-corrected chi connectivity index (χ1v) is 10.7. The maximum atomic E-state index is 2.51. The Labute approximate surface area is 161 Å². The fourth-order valence-corrected chi connectivity index (χ4v) is 5.59. The second-order valence-corrected chi connectivity index (χ2v) is 8.85. The molecule has 0 aromatic heterocycles. The van der Waals surface area contributed by atoms with Crippen LogP contribution in [0.2, 0.25) is 0 Å². The molecule has 0 bridgehead atoms. The molecule has 1 aliphatic rings. The van der Waals surface area contributed by atoms with E-state index < -0.39 is 0 Å². The lowest BCUT2D eigenvalue weighted by molar-refractivity contribution is 0.00981. The average molecular weight is 349 g/mol. The van der Waals surface area contributed by atoms with Gasteiger partial charge in [-0.25, -0.2) is 0 Å². The highest BCUT2D eigenvalue weighted by atomic mass is 14.6. The van der Waals surface area contributed by atoms with E-state index in [2.05, 4.69) is 81.4 Å². The van der Waals surface area contributed by atoms with Crippen LogP contribution in [0.1, 0.15) is 83.3 Å². The number of unbranched alkanes of at least 4 members (excludes halogenated alkanes) is 5. The first-order chi connectivity index (χ1) is 12.6. The molecule has 0 aliphatic heterocycles. The number of hydrogen-bond acceptors (Lipinski definition) is 0. The van der Waals surface area contributed by atoms with Crippen molar-refractivity contribution in [3.63, 3.8) is 0 Å². The topological polar surface area (TPSA) is 0 Å². The van der Waals surface area contributed by atoms with E-state index in [0.29, 0.717) is 10.8 Å². The minimum absolute atomic E-state index is 0.315. The molecule has 0 N–H and O–H groups in total. The summed E-state index contributed by atoms with van der Waals surface area (Å²) in [5.41, 5.74) is 3.69. The fourth-order valence-electron chi connectivity index (χ4n) is 5.59. The number of hydrogen-bond donors (Lipinski definition) is 0. The molecule has 26 heavy (non-hydrogen) atoms. The quantitative estimate of drug-likeness (QED) is 0.408. The minimum atomic E-state index is 0.315. The van der Waals surface area contributed by atoms with Crippen molar-refractivity contribution in [2.45, 2.75) is 83.0 Å². The Bertz CT molecular complexity index is 607. The summed E-state index contributed by atoms with van der Waals surface area (Å²) in [4.78, 5) is 0. The molecule has 0 heterocycles. The van der Waals surface area contributed by atoms with Crippen LogP contribution in [0.5, 0.6) is 0 Å². The largest absolute Gasteiger partial charge is 0.0654 e. The van der Waals surface area contributed by atoms with Crippen LogP contribution in [0.15, 0.2) is 60.7 Å². The third-order valence-corrected chi connectivity index (χ3v) is 6.99. The Balaban J connectivity index is 1.75. The number of rotatable bonds is 9. The zero-order valence-corrected chi connectivity index (χ0v) is 17.0. The monoisotopic (exact) mass is 348 g/mol. The molecular weight excluding hydrogens is 312 g/mol. The van der Waals surface area contributed by atoms with Crippen molar-refractivity contribution >= 4 is 0 Å². The van der Waals surface area contributed by atoms with Crippen LogP contribution in [0.25, 0.3) is 0 Å². The standard InChI is InChI=1S/C26H36/c1-4-5-6-7-8-15-20-24-25(2,22-16-11-9-12-17-22)21-26(24,3)23-18-13-10-14-19-23/h9-14,16-19,24H,4-8,15,20-21H2,1-3H3/t24?,25-,26+. The molecule has 1 aliphatic carbocycles. The van der Waals surface area contributed by atoms with E-state index in [0.717, 1.165) is 5.92 Å². The summed E-state index contributed by atoms with van der Waals surface area (Å²) >= 11 is 0. The zero-order chi connectivity index (χ0) is 18.5. The van der Waals surface area contributed by atoms with Gasteiger partial charge in [0.05, 0.1) is 0 Å². The maximum absolute atomic E-state index is 2.51. The summed E-state index contributed by atoms with van der Waals surface area (Å²) in [5.74, 6) is 0.728. The van der Waals surface area contributed by atoms with Gasteiger partial charge in [0.2, 0.25) is 0 Å². The molecule has 1 saturated carbocycles. The first kappa shape index (κ1) is 19.2. The van der Waals surface area contributed by atoms with Gasteiger partial charge >= 0.3 is 0 Å². The van der Waals surface area contributed by atoms with Gasteiger partial charge in [-0.15, -0.1) is 0 Å². The van der Waals surface area contributed by atoms with Gasteiger partial charge < -0.3 is 0 Å². The van der Waals surface area contributed by atoms with Gasteiger partial charge in [0, 0.05) is 0 Å². The molecule has 0 spiro atoms. The van der Waals surface area contributed by atoms with E-state index >= 15 is 0 Å². The van der Waals surface area contributed by atoms with Crippen molar-refractivity contribution in [2.24, 2.45) is 5.92 Å². The first-order valence-electron chi connectivity index (χ1n) is 10.7. The van der Waals surface area contributed by atoms with E-state index in [-0.39, 0.29) is 0 Å². The highest BCUT2D eigenvalue weighted by Crippen LogP contribution is 2.62. The second kappa shape index (κ2) is 8.42. The lowest BCUT2D eigenvalue weighted by Gasteiger charge is -2.62. The highest BCUT2D eigenvalue weighted by molar-refractivity contribution is 5.40. The molecule has 0 nitrogen and oxygen atoms in total. The predicted molar refractivity (Wildman–Crippen MR) is 114 cm³/mol. The van der Waals surface area contributed by atoms with Gasteiger partial charge in [-0.05, 0) is 40.7 Å². The SMILES string of the molecule is CCCCCCCCC1[C@](C)(c2ccccc2)C[C@]1(C)c1ccccc1. The summed E-state index contributed by atoms with van der Waals surface area (Å²) in [7, 11) is 0. The van der Waals surface area contributed by atoms with Gasteiger partial charge in [0.1, 0.15) is 0 Å². The molecule has 140 valence electrons. The van der Waals surface area contributed by atoms with Crippen LogP contribution in [-0.4, -0.2) is 0 Å². The molecular formula is C26H36. The Morgan fingerprint density at radius 1 is 0.692 bits per heavy atom. The molecule has 3 rings (SSSR count). The Morgan fingerprint density at radius 3 is 1.65 bits per heavy atom. The zero-order valence-electron chi connectivity index (χ0n) is 17.0. The van der Waals surface area contributed by atoms with Crippen LogP contribution >= 0.6 is 0 Å². The smallest absolute Gasteiger partial charge is 0.00302 e. The van der Waals surface area contributed by atoms with Crippen LogP contribution in [0, 0.1) is 5.92 Å². The molecule has 2 aromatic carbocycles. The van der Waals surface area contributed by atoms with Crippen LogP contribution < -0.4 is 0 Å². The molecule has 1 unspecified atom stereocenters. The van der Waals surface area contributed by atoms with Crippen LogP contribution in [0.3, 0.4) is 0 Å². The molecule has 0 saturated heterocycles. The van der Waals surface area contributed by atoms with Gasteiger partial charge in [-0.3, -0.25) is 0 Å². The summed E-state index contributed by atoms with van der Waals surface area (Å²) < 4.78 is 0. The predicted octanol–water partition coefficient (Wildman–Crippen LogP) is 7.67. The Hall–Kier alpha value is -1.56. The van der Waals surface area contributed by atoms with Crippen molar-refractivity contribution in [3.05, 3.63) is 71.8 Å².